The van der Waals surface area contributed by atoms with Gasteiger partial charge in [0.2, 0.25) is 0 Å². The Morgan fingerprint density at radius 1 is 0.219 bits per heavy atom. The highest BCUT2D eigenvalue weighted by atomic mass is 15.1. The van der Waals surface area contributed by atoms with Crippen molar-refractivity contribution in [2.24, 2.45) is 0 Å². The largest absolute Gasteiger partial charge is 0.310 e. The Kier molecular flexibility index (Phi) is 10.3. The predicted molar refractivity (Wildman–Crippen MR) is 273 cm³/mol. The molecule has 0 spiro atoms. The van der Waals surface area contributed by atoms with E-state index < -0.39 is 0 Å². The number of hydrogen-bond acceptors (Lipinski definition) is 2. The van der Waals surface area contributed by atoms with E-state index in [1.54, 1.807) is 0 Å². The Morgan fingerprint density at radius 3 is 1.36 bits per heavy atom. The first-order chi connectivity index (χ1) is 31.8. The van der Waals surface area contributed by atoms with Crippen LogP contribution in [0, 0.1) is 0 Å². The van der Waals surface area contributed by atoms with Gasteiger partial charge < -0.3 is 9.80 Å². The molecule has 0 heterocycles. The van der Waals surface area contributed by atoms with Gasteiger partial charge in [0.05, 0.1) is 11.4 Å². The summed E-state index contributed by atoms with van der Waals surface area (Å²) >= 11 is 0. The van der Waals surface area contributed by atoms with Gasteiger partial charge in [0.1, 0.15) is 0 Å². The standard InChI is InChI=1S/C62H44N2/c1-4-26-52(27-5-1)63(53-28-6-2-7-29-53)55-32-15-23-49(44-55)45-39-41-47(42-40-45)58-35-16-21-48-22-17-36-59(62(48)58)51-25-14-24-50(43-51)57-34-12-13-37-60(57)64(54-30-8-3-9-31-54)61-38-18-20-46-19-10-11-33-56(46)61/h1-44H. The van der Waals surface area contributed by atoms with E-state index in [2.05, 4.69) is 277 Å². The first kappa shape index (κ1) is 38.5. The van der Waals surface area contributed by atoms with E-state index in [1.165, 1.54) is 54.9 Å². The second-order valence-electron chi connectivity index (χ2n) is 16.1. The normalized spacial score (nSPS) is 11.1. The fourth-order valence-electron chi connectivity index (χ4n) is 9.25. The molecule has 0 unspecified atom stereocenters. The van der Waals surface area contributed by atoms with Crippen molar-refractivity contribution in [3.05, 3.63) is 267 Å². The third kappa shape index (κ3) is 7.38. The van der Waals surface area contributed by atoms with Gasteiger partial charge in [-0.2, -0.15) is 0 Å². The first-order valence-corrected chi connectivity index (χ1v) is 21.9. The number of benzene rings is 11. The third-order valence-electron chi connectivity index (χ3n) is 12.2. The number of rotatable bonds is 10. The van der Waals surface area contributed by atoms with E-state index in [1.807, 2.05) is 0 Å². The zero-order valence-electron chi connectivity index (χ0n) is 35.3. The second kappa shape index (κ2) is 17.1. The average Bonchev–Trinajstić information content (AvgIpc) is 3.37. The van der Waals surface area contributed by atoms with Crippen LogP contribution < -0.4 is 9.80 Å². The van der Waals surface area contributed by atoms with E-state index in [-0.39, 0.29) is 0 Å². The fraction of sp³-hybridized carbons (Fsp3) is 0. The maximum atomic E-state index is 2.41. The van der Waals surface area contributed by atoms with E-state index in [9.17, 15) is 0 Å². The van der Waals surface area contributed by atoms with Crippen LogP contribution in [0.4, 0.5) is 34.1 Å². The molecule has 11 rings (SSSR count). The molecule has 0 aliphatic heterocycles. The summed E-state index contributed by atoms with van der Waals surface area (Å²) in [5.41, 5.74) is 16.2. The van der Waals surface area contributed by atoms with Crippen LogP contribution in [0.15, 0.2) is 267 Å². The summed E-state index contributed by atoms with van der Waals surface area (Å²) in [7, 11) is 0. The Balaban J connectivity index is 0.971. The summed E-state index contributed by atoms with van der Waals surface area (Å²) in [5.74, 6) is 0. The molecule has 0 amide bonds. The SMILES string of the molecule is c1ccc(N(c2ccccc2)c2cccc(-c3ccc(-c4cccc5cccc(-c6cccc(-c7ccccc7N(c7ccccc7)c7cccc8ccccc78)c6)c45)cc3)c2)cc1. The molecule has 0 atom stereocenters. The van der Waals surface area contributed by atoms with Crippen LogP contribution in [0.3, 0.4) is 0 Å². The zero-order valence-corrected chi connectivity index (χ0v) is 35.3. The average molecular weight is 817 g/mol. The third-order valence-corrected chi connectivity index (χ3v) is 12.2. The Bertz CT molecular complexity index is 3330. The quantitative estimate of drug-likeness (QED) is 0.136. The lowest BCUT2D eigenvalue weighted by Crippen LogP contribution is -2.11. The van der Waals surface area contributed by atoms with Crippen molar-refractivity contribution >= 4 is 55.7 Å². The molecule has 0 saturated heterocycles. The first-order valence-electron chi connectivity index (χ1n) is 21.9. The van der Waals surface area contributed by atoms with Gasteiger partial charge >= 0.3 is 0 Å². The molecule has 11 aromatic carbocycles. The number of nitrogens with zero attached hydrogens (tertiary/aromatic N) is 2. The smallest absolute Gasteiger partial charge is 0.0540 e. The molecular formula is C62H44N2. The van der Waals surface area contributed by atoms with Crippen molar-refractivity contribution in [2.75, 3.05) is 9.80 Å². The summed E-state index contributed by atoms with van der Waals surface area (Å²) in [6.45, 7) is 0. The molecule has 0 saturated carbocycles. The van der Waals surface area contributed by atoms with Crippen LogP contribution >= 0.6 is 0 Å². The molecular weight excluding hydrogens is 773 g/mol. The highest BCUT2D eigenvalue weighted by Gasteiger charge is 2.20. The van der Waals surface area contributed by atoms with Gasteiger partial charge in [-0.3, -0.25) is 0 Å². The van der Waals surface area contributed by atoms with Crippen LogP contribution in [0.5, 0.6) is 0 Å². The Labute approximate surface area is 375 Å². The van der Waals surface area contributed by atoms with E-state index in [0.717, 1.165) is 45.3 Å². The summed E-state index contributed by atoms with van der Waals surface area (Å²) < 4.78 is 0. The molecule has 0 aliphatic rings. The molecule has 64 heavy (non-hydrogen) atoms. The minimum atomic E-state index is 1.11. The van der Waals surface area contributed by atoms with Crippen LogP contribution in [-0.4, -0.2) is 0 Å². The summed E-state index contributed by atoms with van der Waals surface area (Å²) in [4.78, 5) is 4.72. The molecule has 2 heteroatoms. The lowest BCUT2D eigenvalue weighted by atomic mass is 9.89. The highest BCUT2D eigenvalue weighted by Crippen LogP contribution is 2.45. The van der Waals surface area contributed by atoms with Gasteiger partial charge in [-0.1, -0.05) is 200 Å². The maximum Gasteiger partial charge on any atom is 0.0540 e. The number of hydrogen-bond donors (Lipinski definition) is 0. The van der Waals surface area contributed by atoms with Crippen molar-refractivity contribution in [3.8, 4) is 44.5 Å². The second-order valence-corrected chi connectivity index (χ2v) is 16.1. The van der Waals surface area contributed by atoms with Crippen molar-refractivity contribution in [3.63, 3.8) is 0 Å². The van der Waals surface area contributed by atoms with Crippen molar-refractivity contribution in [1.29, 1.82) is 0 Å². The van der Waals surface area contributed by atoms with Gasteiger partial charge in [0.25, 0.3) is 0 Å². The molecule has 0 radical (unpaired) electrons. The summed E-state index contributed by atoms with van der Waals surface area (Å²) in [6, 6.07) is 96.2. The maximum absolute atomic E-state index is 2.41. The van der Waals surface area contributed by atoms with Crippen LogP contribution in [0.2, 0.25) is 0 Å². The van der Waals surface area contributed by atoms with Gasteiger partial charge in [0, 0.05) is 33.7 Å². The minimum absolute atomic E-state index is 1.11. The lowest BCUT2D eigenvalue weighted by molar-refractivity contribution is 1.28. The molecule has 0 N–H and O–H groups in total. The molecule has 302 valence electrons. The van der Waals surface area contributed by atoms with Crippen LogP contribution in [0.25, 0.3) is 66.1 Å². The van der Waals surface area contributed by atoms with Gasteiger partial charge in [-0.15, -0.1) is 0 Å². The monoisotopic (exact) mass is 816 g/mol. The molecule has 2 nitrogen and oxygen atoms in total. The molecule has 0 fully saturated rings. The van der Waals surface area contributed by atoms with Crippen molar-refractivity contribution in [2.45, 2.75) is 0 Å². The van der Waals surface area contributed by atoms with Crippen molar-refractivity contribution in [1.82, 2.24) is 0 Å². The molecule has 0 aliphatic carbocycles. The summed E-state index contributed by atoms with van der Waals surface area (Å²) in [6.07, 6.45) is 0. The predicted octanol–water partition coefficient (Wildman–Crippen LogP) is 17.6. The minimum Gasteiger partial charge on any atom is -0.310 e. The Morgan fingerprint density at radius 2 is 0.656 bits per heavy atom. The van der Waals surface area contributed by atoms with Gasteiger partial charge in [-0.25, -0.2) is 0 Å². The molecule has 0 bridgehead atoms. The summed E-state index contributed by atoms with van der Waals surface area (Å²) in [5, 5.41) is 4.88. The van der Waals surface area contributed by atoms with E-state index >= 15 is 0 Å². The van der Waals surface area contributed by atoms with Gasteiger partial charge in [0.15, 0.2) is 0 Å². The number of anilines is 6. The molecule has 11 aromatic rings. The fourth-order valence-corrected chi connectivity index (χ4v) is 9.25. The molecule has 0 aromatic heterocycles. The van der Waals surface area contributed by atoms with Crippen molar-refractivity contribution < 1.29 is 0 Å². The zero-order chi connectivity index (χ0) is 42.7. The number of para-hydroxylation sites is 4. The topological polar surface area (TPSA) is 6.48 Å². The van der Waals surface area contributed by atoms with Gasteiger partial charge in [-0.05, 0) is 122 Å². The lowest BCUT2D eigenvalue weighted by Gasteiger charge is -2.29. The van der Waals surface area contributed by atoms with Crippen LogP contribution in [-0.2, 0) is 0 Å². The Hall–Kier alpha value is -8.46. The van der Waals surface area contributed by atoms with E-state index in [0.29, 0.717) is 0 Å². The van der Waals surface area contributed by atoms with Crippen LogP contribution in [0.1, 0.15) is 0 Å². The van der Waals surface area contributed by atoms with E-state index in [4.69, 9.17) is 0 Å². The highest BCUT2D eigenvalue weighted by molar-refractivity contribution is 6.07. The number of fused-ring (bicyclic) bond motifs is 2.